The van der Waals surface area contributed by atoms with Gasteiger partial charge < -0.3 is 9.64 Å². The highest BCUT2D eigenvalue weighted by atomic mass is 16.5. The Bertz CT molecular complexity index is 732. The zero-order valence-electron chi connectivity index (χ0n) is 13.1. The second-order valence-corrected chi connectivity index (χ2v) is 5.21. The van der Waals surface area contributed by atoms with E-state index in [9.17, 15) is 4.79 Å². The smallest absolute Gasteiger partial charge is 0.254 e. The molecule has 1 aromatic heterocycles. The van der Waals surface area contributed by atoms with E-state index in [1.807, 2.05) is 59.1 Å². The average Bonchev–Trinajstić information content (AvgIpc) is 3.00. The molecule has 1 aromatic carbocycles. The zero-order chi connectivity index (χ0) is 16.1. The molecule has 0 spiro atoms. The molecule has 1 amide bonds. The Balaban J connectivity index is 1.76. The summed E-state index contributed by atoms with van der Waals surface area (Å²) in [5, 5.41) is 4.17. The Morgan fingerprint density at radius 3 is 2.96 bits per heavy atom. The first-order valence-corrected chi connectivity index (χ1v) is 7.68. The van der Waals surface area contributed by atoms with Crippen molar-refractivity contribution in [2.45, 2.75) is 13.5 Å². The molecule has 3 rings (SSSR count). The number of amides is 1. The summed E-state index contributed by atoms with van der Waals surface area (Å²) < 4.78 is 7.37. The number of nitrogens with zero attached hydrogens (tertiary/aromatic N) is 3. The van der Waals surface area contributed by atoms with Crippen LogP contribution in [0.2, 0.25) is 0 Å². The van der Waals surface area contributed by atoms with Crippen LogP contribution in [0.5, 0.6) is 5.75 Å². The minimum atomic E-state index is -0.00351. The van der Waals surface area contributed by atoms with Crippen LogP contribution < -0.4 is 4.74 Å². The molecule has 23 heavy (non-hydrogen) atoms. The van der Waals surface area contributed by atoms with Crippen LogP contribution in [0.1, 0.15) is 12.5 Å². The van der Waals surface area contributed by atoms with Crippen molar-refractivity contribution in [3.05, 3.63) is 66.2 Å². The molecule has 1 aliphatic rings. The zero-order valence-corrected chi connectivity index (χ0v) is 13.1. The number of hydrogen-bond donors (Lipinski definition) is 0. The number of aromatic nitrogens is 2. The van der Waals surface area contributed by atoms with Crippen molar-refractivity contribution in [2.24, 2.45) is 0 Å². The lowest BCUT2D eigenvalue weighted by Gasteiger charge is -2.21. The monoisotopic (exact) mass is 309 g/mol. The van der Waals surface area contributed by atoms with E-state index < -0.39 is 0 Å². The van der Waals surface area contributed by atoms with Gasteiger partial charge in [-0.25, -0.2) is 0 Å². The number of carbonyl (C=O) groups is 1. The highest BCUT2D eigenvalue weighted by Crippen LogP contribution is 2.24. The molecule has 0 N–H and O–H groups in total. The lowest BCUT2D eigenvalue weighted by molar-refractivity contribution is -0.126. The van der Waals surface area contributed by atoms with Gasteiger partial charge in [0.05, 0.1) is 12.8 Å². The summed E-state index contributed by atoms with van der Waals surface area (Å²) in [4.78, 5) is 14.6. The van der Waals surface area contributed by atoms with Crippen LogP contribution in [-0.2, 0) is 11.3 Å². The maximum atomic E-state index is 12.8. The first kappa shape index (κ1) is 15.1. The normalized spacial score (nSPS) is 12.8. The van der Waals surface area contributed by atoms with E-state index in [0.29, 0.717) is 25.2 Å². The van der Waals surface area contributed by atoms with Gasteiger partial charge in [0.2, 0.25) is 0 Å². The van der Waals surface area contributed by atoms with Crippen LogP contribution in [0.4, 0.5) is 0 Å². The Morgan fingerprint density at radius 1 is 1.30 bits per heavy atom. The maximum Gasteiger partial charge on any atom is 0.254 e. The molecule has 118 valence electrons. The van der Waals surface area contributed by atoms with Crippen molar-refractivity contribution in [3.8, 4) is 5.75 Å². The molecular formula is C18H19N3O2. The molecule has 5 heteroatoms. The van der Waals surface area contributed by atoms with Gasteiger partial charge in [0, 0.05) is 36.6 Å². The lowest BCUT2D eigenvalue weighted by atomic mass is 10.1. The summed E-state index contributed by atoms with van der Waals surface area (Å²) in [6.07, 6.45) is 8.80. The van der Waals surface area contributed by atoms with Crippen LogP contribution in [0.25, 0.3) is 6.08 Å². The number of benzene rings is 1. The summed E-state index contributed by atoms with van der Waals surface area (Å²) >= 11 is 0. The fourth-order valence-corrected chi connectivity index (χ4v) is 2.48. The van der Waals surface area contributed by atoms with E-state index in [1.165, 1.54) is 0 Å². The molecule has 0 fully saturated rings. The molecule has 2 heterocycles. The van der Waals surface area contributed by atoms with E-state index in [4.69, 9.17) is 4.74 Å². The standard InChI is InChI=1S/C18H19N3O2/c1-2-20(11-12-21-10-5-9-19-21)18(22)16-8-13-23-17-7-4-3-6-15(17)14-16/h3-10,13-14H,2,11-12H2,1H3. The van der Waals surface area contributed by atoms with Crippen LogP contribution in [-0.4, -0.2) is 33.7 Å². The number of ether oxygens (including phenoxy) is 1. The van der Waals surface area contributed by atoms with Gasteiger partial charge in [-0.15, -0.1) is 0 Å². The predicted octanol–water partition coefficient (Wildman–Crippen LogP) is 2.72. The first-order chi connectivity index (χ1) is 11.3. The van der Waals surface area contributed by atoms with Crippen LogP contribution in [0.15, 0.2) is 60.6 Å². The van der Waals surface area contributed by atoms with Gasteiger partial charge in [-0.2, -0.15) is 5.10 Å². The van der Waals surface area contributed by atoms with Gasteiger partial charge in [-0.05, 0) is 31.2 Å². The summed E-state index contributed by atoms with van der Waals surface area (Å²) in [6, 6.07) is 9.55. The van der Waals surface area contributed by atoms with Crippen molar-refractivity contribution in [1.29, 1.82) is 0 Å². The van der Waals surface area contributed by atoms with E-state index >= 15 is 0 Å². The maximum absolute atomic E-state index is 12.8. The Kier molecular flexibility index (Phi) is 4.57. The second kappa shape index (κ2) is 6.96. The largest absolute Gasteiger partial charge is 0.464 e. The van der Waals surface area contributed by atoms with Gasteiger partial charge in [0.1, 0.15) is 5.75 Å². The number of para-hydroxylation sites is 1. The summed E-state index contributed by atoms with van der Waals surface area (Å²) in [6.45, 7) is 3.92. The topological polar surface area (TPSA) is 47.4 Å². The van der Waals surface area contributed by atoms with E-state index in [2.05, 4.69) is 5.10 Å². The molecule has 0 radical (unpaired) electrons. The molecule has 0 saturated carbocycles. The van der Waals surface area contributed by atoms with Gasteiger partial charge in [-0.3, -0.25) is 9.48 Å². The van der Waals surface area contributed by atoms with Gasteiger partial charge >= 0.3 is 0 Å². The number of hydrogen-bond acceptors (Lipinski definition) is 3. The molecule has 2 aromatic rings. The first-order valence-electron chi connectivity index (χ1n) is 7.68. The van der Waals surface area contributed by atoms with Gasteiger partial charge in [-0.1, -0.05) is 18.2 Å². The van der Waals surface area contributed by atoms with Crippen LogP contribution in [0.3, 0.4) is 0 Å². The number of likely N-dealkylation sites (N-methyl/N-ethyl adjacent to an activating group) is 1. The Morgan fingerprint density at radius 2 is 2.17 bits per heavy atom. The lowest BCUT2D eigenvalue weighted by Crippen LogP contribution is -2.34. The molecule has 5 nitrogen and oxygen atoms in total. The third-order valence-electron chi connectivity index (χ3n) is 3.75. The summed E-state index contributed by atoms with van der Waals surface area (Å²) in [7, 11) is 0. The third-order valence-corrected chi connectivity index (χ3v) is 3.75. The molecule has 1 aliphatic heterocycles. The summed E-state index contributed by atoms with van der Waals surface area (Å²) in [5.41, 5.74) is 1.53. The van der Waals surface area contributed by atoms with Gasteiger partial charge in [0.25, 0.3) is 5.91 Å². The minimum Gasteiger partial charge on any atom is -0.464 e. The highest BCUT2D eigenvalue weighted by Gasteiger charge is 2.17. The minimum absolute atomic E-state index is 0.00351. The van der Waals surface area contributed by atoms with Crippen molar-refractivity contribution in [1.82, 2.24) is 14.7 Å². The third kappa shape index (κ3) is 3.51. The van der Waals surface area contributed by atoms with Crippen molar-refractivity contribution < 1.29 is 9.53 Å². The summed E-state index contributed by atoms with van der Waals surface area (Å²) in [5.74, 6) is 0.752. The highest BCUT2D eigenvalue weighted by molar-refractivity contribution is 6.01. The molecule has 0 bridgehead atoms. The number of fused-ring (bicyclic) bond motifs is 1. The molecule has 0 atom stereocenters. The number of rotatable bonds is 5. The van der Waals surface area contributed by atoms with E-state index in [-0.39, 0.29) is 5.91 Å². The molecule has 0 saturated heterocycles. The van der Waals surface area contributed by atoms with Gasteiger partial charge in [0.15, 0.2) is 0 Å². The Labute approximate surface area is 135 Å². The van der Waals surface area contributed by atoms with Crippen LogP contribution >= 0.6 is 0 Å². The molecule has 0 aliphatic carbocycles. The Hall–Kier alpha value is -2.82. The fourth-order valence-electron chi connectivity index (χ4n) is 2.48. The second-order valence-electron chi connectivity index (χ2n) is 5.21. The number of carbonyl (C=O) groups excluding carboxylic acids is 1. The fraction of sp³-hybridized carbons (Fsp3) is 0.222. The molecular weight excluding hydrogens is 290 g/mol. The van der Waals surface area contributed by atoms with Crippen molar-refractivity contribution >= 4 is 12.0 Å². The SMILES string of the molecule is CCN(CCn1cccn1)C(=O)C1=Cc2ccccc2OC=C1. The van der Waals surface area contributed by atoms with Crippen molar-refractivity contribution in [2.75, 3.05) is 13.1 Å². The predicted molar refractivity (Wildman–Crippen MR) is 88.7 cm³/mol. The van der Waals surface area contributed by atoms with E-state index in [0.717, 1.165) is 11.3 Å². The van der Waals surface area contributed by atoms with E-state index in [1.54, 1.807) is 18.5 Å². The average molecular weight is 309 g/mol. The quantitative estimate of drug-likeness (QED) is 0.853. The van der Waals surface area contributed by atoms with Crippen LogP contribution in [0, 0.1) is 0 Å². The van der Waals surface area contributed by atoms with Crippen molar-refractivity contribution in [3.63, 3.8) is 0 Å². The molecule has 0 unspecified atom stereocenters.